The summed E-state index contributed by atoms with van der Waals surface area (Å²) in [6.45, 7) is 4.69. The van der Waals surface area contributed by atoms with Gasteiger partial charge in [0.1, 0.15) is 0 Å². The maximum atomic E-state index is 12.0. The molecular formula is C14H22ClN3O3S. The second-order valence-corrected chi connectivity index (χ2v) is 6.19. The van der Waals surface area contributed by atoms with Crippen LogP contribution >= 0.6 is 12.4 Å². The van der Waals surface area contributed by atoms with Gasteiger partial charge in [0, 0.05) is 18.7 Å². The molecule has 0 heterocycles. The Balaban J connectivity index is 0.00000441. The summed E-state index contributed by atoms with van der Waals surface area (Å²) in [5.41, 5.74) is 5.68. The first-order valence-electron chi connectivity index (χ1n) is 6.70. The third kappa shape index (κ3) is 6.57. The molecule has 1 amide bonds. The van der Waals surface area contributed by atoms with Crippen LogP contribution in [0.5, 0.6) is 0 Å². The minimum atomic E-state index is -3.63. The number of rotatable bonds is 9. The summed E-state index contributed by atoms with van der Waals surface area (Å²) in [5, 5.41) is 2.73. The molecule has 0 radical (unpaired) electrons. The van der Waals surface area contributed by atoms with Crippen molar-refractivity contribution in [3.8, 4) is 0 Å². The van der Waals surface area contributed by atoms with Crippen LogP contribution < -0.4 is 15.8 Å². The van der Waals surface area contributed by atoms with Crippen molar-refractivity contribution in [3.05, 3.63) is 42.5 Å². The molecule has 1 rings (SSSR count). The van der Waals surface area contributed by atoms with Crippen LogP contribution in [-0.2, 0) is 10.0 Å². The smallest absolute Gasteiger partial charge is 0.251 e. The number of amides is 1. The Morgan fingerprint density at radius 3 is 2.68 bits per heavy atom. The highest BCUT2D eigenvalue weighted by Gasteiger charge is 2.15. The number of carbonyl (C=O) groups is 1. The van der Waals surface area contributed by atoms with E-state index in [-0.39, 0.29) is 29.8 Å². The summed E-state index contributed by atoms with van der Waals surface area (Å²) in [7, 11) is -3.63. The van der Waals surface area contributed by atoms with Gasteiger partial charge in [-0.05, 0) is 37.6 Å². The van der Waals surface area contributed by atoms with Crippen LogP contribution in [0.1, 0.15) is 23.2 Å². The molecule has 22 heavy (non-hydrogen) atoms. The Kier molecular flexibility index (Phi) is 9.68. The predicted octanol–water partition coefficient (Wildman–Crippen LogP) is 1.04. The summed E-state index contributed by atoms with van der Waals surface area (Å²) in [4.78, 5) is 12.0. The lowest BCUT2D eigenvalue weighted by atomic mass is 10.2. The highest BCUT2D eigenvalue weighted by Crippen LogP contribution is 2.11. The topological polar surface area (TPSA) is 101 Å². The summed E-state index contributed by atoms with van der Waals surface area (Å²) in [6, 6.07) is 5.91. The van der Waals surface area contributed by atoms with E-state index in [1.54, 1.807) is 6.07 Å². The maximum absolute atomic E-state index is 12.0. The Labute approximate surface area is 137 Å². The molecule has 0 aliphatic heterocycles. The molecule has 4 N–H and O–H groups in total. The zero-order chi connectivity index (χ0) is 15.7. The van der Waals surface area contributed by atoms with Gasteiger partial charge in [-0.1, -0.05) is 12.1 Å². The number of benzene rings is 1. The molecule has 0 unspecified atom stereocenters. The lowest BCUT2D eigenvalue weighted by molar-refractivity contribution is 0.0953. The van der Waals surface area contributed by atoms with Crippen molar-refractivity contribution < 1.29 is 13.2 Å². The highest BCUT2D eigenvalue weighted by molar-refractivity contribution is 7.89. The zero-order valence-corrected chi connectivity index (χ0v) is 13.9. The van der Waals surface area contributed by atoms with Crippen molar-refractivity contribution in [2.24, 2.45) is 5.73 Å². The van der Waals surface area contributed by atoms with Crippen molar-refractivity contribution in [1.29, 1.82) is 0 Å². The van der Waals surface area contributed by atoms with Gasteiger partial charge in [0.05, 0.1) is 4.90 Å². The number of sulfonamides is 1. The van der Waals surface area contributed by atoms with Crippen LogP contribution in [0.3, 0.4) is 0 Å². The van der Waals surface area contributed by atoms with Gasteiger partial charge in [-0.25, -0.2) is 13.1 Å². The van der Waals surface area contributed by atoms with Gasteiger partial charge in [0.25, 0.3) is 5.91 Å². The molecule has 1 aromatic rings. The average molecular weight is 348 g/mol. The summed E-state index contributed by atoms with van der Waals surface area (Å²) in [6.07, 6.45) is 3.08. The van der Waals surface area contributed by atoms with Crippen LogP contribution in [0.15, 0.2) is 41.8 Å². The second kappa shape index (κ2) is 10.3. The first kappa shape index (κ1) is 20.6. The molecule has 0 aromatic heterocycles. The molecule has 0 atom stereocenters. The number of nitrogens with one attached hydrogen (secondary N) is 2. The predicted molar refractivity (Wildman–Crippen MR) is 89.7 cm³/mol. The van der Waals surface area contributed by atoms with Crippen LogP contribution in [0, 0.1) is 0 Å². The van der Waals surface area contributed by atoms with Crippen LogP contribution in [0.4, 0.5) is 0 Å². The average Bonchev–Trinajstić information content (AvgIpc) is 2.49. The lowest BCUT2D eigenvalue weighted by Crippen LogP contribution is -2.26. The Morgan fingerprint density at radius 1 is 1.32 bits per heavy atom. The molecule has 1 aromatic carbocycles. The van der Waals surface area contributed by atoms with Gasteiger partial charge in [-0.3, -0.25) is 4.79 Å². The van der Waals surface area contributed by atoms with Gasteiger partial charge >= 0.3 is 0 Å². The first-order valence-corrected chi connectivity index (χ1v) is 8.18. The van der Waals surface area contributed by atoms with Gasteiger partial charge in [0.2, 0.25) is 10.0 Å². The second-order valence-electron chi connectivity index (χ2n) is 4.42. The molecule has 0 saturated heterocycles. The molecule has 8 heteroatoms. The van der Waals surface area contributed by atoms with Crippen molar-refractivity contribution in [2.75, 3.05) is 19.6 Å². The molecule has 0 aliphatic rings. The summed E-state index contributed by atoms with van der Waals surface area (Å²) >= 11 is 0. The van der Waals surface area contributed by atoms with E-state index in [1.165, 1.54) is 24.3 Å². The van der Waals surface area contributed by atoms with Gasteiger partial charge in [-0.2, -0.15) is 0 Å². The Hall–Kier alpha value is -1.41. The fraction of sp³-hybridized carbons (Fsp3) is 0.357. The molecule has 0 aliphatic carbocycles. The van der Waals surface area contributed by atoms with E-state index >= 15 is 0 Å². The molecule has 124 valence electrons. The molecule has 0 spiro atoms. The van der Waals surface area contributed by atoms with E-state index in [2.05, 4.69) is 16.6 Å². The van der Waals surface area contributed by atoms with Gasteiger partial charge < -0.3 is 11.1 Å². The van der Waals surface area contributed by atoms with Crippen LogP contribution in [0.25, 0.3) is 0 Å². The summed E-state index contributed by atoms with van der Waals surface area (Å²) < 4.78 is 26.3. The fourth-order valence-electron chi connectivity index (χ4n) is 1.63. The third-order valence-electron chi connectivity index (χ3n) is 2.74. The fourth-order valence-corrected chi connectivity index (χ4v) is 2.67. The minimum absolute atomic E-state index is 0. The maximum Gasteiger partial charge on any atom is 0.251 e. The van der Waals surface area contributed by atoms with Gasteiger partial charge in [0.15, 0.2) is 0 Å². The van der Waals surface area contributed by atoms with Crippen LogP contribution in [0.2, 0.25) is 0 Å². The molecule has 0 fully saturated rings. The molecule has 0 bridgehead atoms. The molecule has 6 nitrogen and oxygen atoms in total. The highest BCUT2D eigenvalue weighted by atomic mass is 35.5. The van der Waals surface area contributed by atoms with Gasteiger partial charge in [-0.15, -0.1) is 19.0 Å². The largest absolute Gasteiger partial charge is 0.352 e. The number of nitrogens with two attached hydrogens (primary N) is 1. The van der Waals surface area contributed by atoms with E-state index < -0.39 is 10.0 Å². The van der Waals surface area contributed by atoms with E-state index in [0.29, 0.717) is 18.7 Å². The minimum Gasteiger partial charge on any atom is -0.352 e. The Bertz CT molecular complexity index is 591. The number of unbranched alkanes of at least 4 members (excludes halogenated alkanes) is 1. The Morgan fingerprint density at radius 2 is 2.05 bits per heavy atom. The van der Waals surface area contributed by atoms with E-state index in [4.69, 9.17) is 5.73 Å². The van der Waals surface area contributed by atoms with Crippen molar-refractivity contribution >= 4 is 28.3 Å². The first-order chi connectivity index (χ1) is 10.0. The van der Waals surface area contributed by atoms with E-state index in [0.717, 1.165) is 12.8 Å². The van der Waals surface area contributed by atoms with E-state index in [9.17, 15) is 13.2 Å². The number of halogens is 1. The SMILES string of the molecule is C=CCNS(=O)(=O)c1cccc(C(=O)NCCCCN)c1.Cl. The quantitative estimate of drug-likeness (QED) is 0.459. The summed E-state index contributed by atoms with van der Waals surface area (Å²) in [5.74, 6) is -0.298. The molecule has 0 saturated carbocycles. The number of hydrogen-bond donors (Lipinski definition) is 3. The van der Waals surface area contributed by atoms with Crippen LogP contribution in [-0.4, -0.2) is 34.0 Å². The number of hydrogen-bond acceptors (Lipinski definition) is 4. The molecular weight excluding hydrogens is 326 g/mol. The monoisotopic (exact) mass is 347 g/mol. The normalized spacial score (nSPS) is 10.6. The standard InChI is InChI=1S/C14H21N3O3S.ClH/c1-2-9-17-21(19,20)13-7-5-6-12(11-13)14(18)16-10-4-3-8-15;/h2,5-7,11,17H,1,3-4,8-10,15H2,(H,16,18);1H. The lowest BCUT2D eigenvalue weighted by Gasteiger charge is -2.08. The van der Waals surface area contributed by atoms with Crippen molar-refractivity contribution in [1.82, 2.24) is 10.0 Å². The van der Waals surface area contributed by atoms with E-state index in [1.807, 2.05) is 0 Å². The van der Waals surface area contributed by atoms with Crippen molar-refractivity contribution in [2.45, 2.75) is 17.7 Å². The van der Waals surface area contributed by atoms with Crippen molar-refractivity contribution in [3.63, 3.8) is 0 Å². The third-order valence-corrected chi connectivity index (χ3v) is 4.16. The number of carbonyl (C=O) groups excluding carboxylic acids is 1. The zero-order valence-electron chi connectivity index (χ0n) is 12.2.